The fraction of sp³-hybridized carbons (Fsp3) is 0.400. The van der Waals surface area contributed by atoms with E-state index in [1.807, 2.05) is 25.1 Å². The molecule has 0 fully saturated rings. The zero-order chi connectivity index (χ0) is 8.97. The van der Waals surface area contributed by atoms with Crippen LogP contribution in [0, 0.1) is 0 Å². The number of pyridine rings is 1. The van der Waals surface area contributed by atoms with Gasteiger partial charge in [-0.1, -0.05) is 6.07 Å². The van der Waals surface area contributed by atoms with Crippen molar-refractivity contribution in [2.75, 3.05) is 0 Å². The van der Waals surface area contributed by atoms with E-state index in [-0.39, 0.29) is 0 Å². The molecule has 1 aromatic heterocycles. The minimum Gasteiger partial charge on any atom is -0.285 e. The van der Waals surface area contributed by atoms with Gasteiger partial charge in [-0.2, -0.15) is 0 Å². The molecule has 0 aliphatic rings. The van der Waals surface area contributed by atoms with Crippen LogP contribution in [0.2, 0.25) is 0 Å². The Kier molecular flexibility index (Phi) is 2.97. The van der Waals surface area contributed by atoms with Gasteiger partial charge in [-0.3, -0.25) is 9.98 Å². The van der Waals surface area contributed by atoms with Crippen LogP contribution in [-0.2, 0) is 0 Å². The van der Waals surface area contributed by atoms with Crippen molar-refractivity contribution < 1.29 is 0 Å². The molecule has 0 aliphatic carbocycles. The van der Waals surface area contributed by atoms with Crippen LogP contribution < -0.4 is 0 Å². The summed E-state index contributed by atoms with van der Waals surface area (Å²) < 4.78 is 0. The fourth-order valence-electron chi connectivity index (χ4n) is 1.03. The van der Waals surface area contributed by atoms with Crippen LogP contribution in [0.15, 0.2) is 29.4 Å². The maximum Gasteiger partial charge on any atom is 0.0837 e. The van der Waals surface area contributed by atoms with Gasteiger partial charge in [-0.25, -0.2) is 0 Å². The summed E-state index contributed by atoms with van der Waals surface area (Å²) >= 11 is 0. The summed E-state index contributed by atoms with van der Waals surface area (Å²) in [4.78, 5) is 8.60. The SMILES string of the molecule is CC(=NC(C)C)c1ccccn1. The van der Waals surface area contributed by atoms with Crippen molar-refractivity contribution in [1.29, 1.82) is 0 Å². The Morgan fingerprint density at radius 2 is 2.17 bits per heavy atom. The lowest BCUT2D eigenvalue weighted by molar-refractivity contribution is 0.834. The molecule has 0 aromatic carbocycles. The summed E-state index contributed by atoms with van der Waals surface area (Å²) in [5, 5.41) is 0. The first-order valence-corrected chi connectivity index (χ1v) is 4.16. The molecule has 0 unspecified atom stereocenters. The van der Waals surface area contributed by atoms with E-state index in [1.165, 1.54) is 0 Å². The maximum absolute atomic E-state index is 4.40. The molecule has 64 valence electrons. The molecular formula is C10H14N2. The standard InChI is InChI=1S/C10H14N2/c1-8(2)12-9(3)10-6-4-5-7-11-10/h4-8H,1-3H3. The van der Waals surface area contributed by atoms with Crippen molar-refractivity contribution in [3.05, 3.63) is 30.1 Å². The van der Waals surface area contributed by atoms with E-state index < -0.39 is 0 Å². The highest BCUT2D eigenvalue weighted by atomic mass is 14.8. The Morgan fingerprint density at radius 1 is 1.42 bits per heavy atom. The molecule has 0 amide bonds. The number of aliphatic imine (C=N–C) groups is 1. The van der Waals surface area contributed by atoms with Gasteiger partial charge < -0.3 is 0 Å². The molecule has 1 aromatic rings. The largest absolute Gasteiger partial charge is 0.285 e. The molecule has 0 radical (unpaired) electrons. The van der Waals surface area contributed by atoms with Crippen molar-refractivity contribution >= 4 is 5.71 Å². The van der Waals surface area contributed by atoms with Gasteiger partial charge >= 0.3 is 0 Å². The third kappa shape index (κ3) is 2.46. The molecule has 0 bridgehead atoms. The number of aromatic nitrogens is 1. The topological polar surface area (TPSA) is 25.2 Å². The van der Waals surface area contributed by atoms with Crippen LogP contribution in [0.3, 0.4) is 0 Å². The maximum atomic E-state index is 4.40. The molecule has 0 spiro atoms. The molecule has 0 saturated heterocycles. The van der Waals surface area contributed by atoms with Gasteiger partial charge in [0, 0.05) is 12.2 Å². The van der Waals surface area contributed by atoms with Gasteiger partial charge in [0.15, 0.2) is 0 Å². The van der Waals surface area contributed by atoms with Crippen LogP contribution in [0.5, 0.6) is 0 Å². The van der Waals surface area contributed by atoms with E-state index in [2.05, 4.69) is 23.8 Å². The first kappa shape index (κ1) is 8.91. The highest BCUT2D eigenvalue weighted by Crippen LogP contribution is 1.98. The molecule has 0 aliphatic heterocycles. The highest BCUT2D eigenvalue weighted by Gasteiger charge is 1.97. The molecule has 0 atom stereocenters. The number of hydrogen-bond donors (Lipinski definition) is 0. The van der Waals surface area contributed by atoms with Gasteiger partial charge in [0.2, 0.25) is 0 Å². The zero-order valence-electron chi connectivity index (χ0n) is 7.78. The van der Waals surface area contributed by atoms with Crippen molar-refractivity contribution in [1.82, 2.24) is 4.98 Å². The minimum atomic E-state index is 0.340. The molecular weight excluding hydrogens is 148 g/mol. The molecule has 2 nitrogen and oxygen atoms in total. The van der Waals surface area contributed by atoms with Crippen LogP contribution in [0.4, 0.5) is 0 Å². The van der Waals surface area contributed by atoms with Crippen molar-refractivity contribution in [2.24, 2.45) is 4.99 Å². The summed E-state index contributed by atoms with van der Waals surface area (Å²) in [7, 11) is 0. The van der Waals surface area contributed by atoms with E-state index in [1.54, 1.807) is 6.20 Å². The second-order valence-corrected chi connectivity index (χ2v) is 3.02. The number of hydrogen-bond acceptors (Lipinski definition) is 2. The number of rotatable bonds is 2. The molecule has 0 saturated carbocycles. The predicted molar refractivity (Wildman–Crippen MR) is 51.6 cm³/mol. The van der Waals surface area contributed by atoms with Crippen LogP contribution in [0.1, 0.15) is 26.5 Å². The highest BCUT2D eigenvalue weighted by molar-refractivity contribution is 5.96. The van der Waals surface area contributed by atoms with Gasteiger partial charge in [0.1, 0.15) is 0 Å². The van der Waals surface area contributed by atoms with Crippen molar-refractivity contribution in [3.8, 4) is 0 Å². The summed E-state index contributed by atoms with van der Waals surface area (Å²) in [5.74, 6) is 0. The summed E-state index contributed by atoms with van der Waals surface area (Å²) in [6.45, 7) is 6.11. The lowest BCUT2D eigenvalue weighted by Gasteiger charge is -2.01. The summed E-state index contributed by atoms with van der Waals surface area (Å²) in [6, 6.07) is 6.20. The van der Waals surface area contributed by atoms with E-state index in [0.29, 0.717) is 6.04 Å². The zero-order valence-corrected chi connectivity index (χ0v) is 7.78. The van der Waals surface area contributed by atoms with Crippen molar-refractivity contribution in [2.45, 2.75) is 26.8 Å². The number of nitrogens with zero attached hydrogens (tertiary/aromatic N) is 2. The van der Waals surface area contributed by atoms with Crippen LogP contribution in [0.25, 0.3) is 0 Å². The fourth-order valence-corrected chi connectivity index (χ4v) is 1.03. The second-order valence-electron chi connectivity index (χ2n) is 3.02. The third-order valence-electron chi connectivity index (χ3n) is 1.49. The lowest BCUT2D eigenvalue weighted by atomic mass is 10.2. The Bertz CT molecular complexity index is 262. The Labute approximate surface area is 73.4 Å². The van der Waals surface area contributed by atoms with Crippen LogP contribution in [-0.4, -0.2) is 16.7 Å². The quantitative estimate of drug-likeness (QED) is 0.612. The lowest BCUT2D eigenvalue weighted by Crippen LogP contribution is -2.01. The Balaban J connectivity index is 2.85. The first-order valence-electron chi connectivity index (χ1n) is 4.16. The van der Waals surface area contributed by atoms with E-state index in [0.717, 1.165) is 11.4 Å². The smallest absolute Gasteiger partial charge is 0.0837 e. The predicted octanol–water partition coefficient (Wildman–Crippen LogP) is 2.30. The monoisotopic (exact) mass is 162 g/mol. The van der Waals surface area contributed by atoms with E-state index in [4.69, 9.17) is 0 Å². The molecule has 1 heterocycles. The Hall–Kier alpha value is -1.18. The van der Waals surface area contributed by atoms with Gasteiger partial charge in [-0.05, 0) is 32.9 Å². The van der Waals surface area contributed by atoms with Gasteiger partial charge in [-0.15, -0.1) is 0 Å². The van der Waals surface area contributed by atoms with Gasteiger partial charge in [0.25, 0.3) is 0 Å². The van der Waals surface area contributed by atoms with E-state index >= 15 is 0 Å². The summed E-state index contributed by atoms with van der Waals surface area (Å²) in [6.07, 6.45) is 1.79. The molecule has 0 N–H and O–H groups in total. The minimum absolute atomic E-state index is 0.340. The van der Waals surface area contributed by atoms with E-state index in [9.17, 15) is 0 Å². The second kappa shape index (κ2) is 4.00. The van der Waals surface area contributed by atoms with Crippen LogP contribution >= 0.6 is 0 Å². The Morgan fingerprint density at radius 3 is 2.67 bits per heavy atom. The normalized spacial score (nSPS) is 12.2. The molecule has 1 rings (SSSR count). The average molecular weight is 162 g/mol. The van der Waals surface area contributed by atoms with Crippen molar-refractivity contribution in [3.63, 3.8) is 0 Å². The molecule has 2 heteroatoms. The van der Waals surface area contributed by atoms with Gasteiger partial charge in [0.05, 0.1) is 11.4 Å². The third-order valence-corrected chi connectivity index (χ3v) is 1.49. The average Bonchev–Trinajstić information content (AvgIpc) is 2.05. The first-order chi connectivity index (χ1) is 5.70. The summed E-state index contributed by atoms with van der Waals surface area (Å²) in [5.41, 5.74) is 1.97. The molecule has 12 heavy (non-hydrogen) atoms.